The number of nitrogens with one attached hydrogen (secondary N) is 1. The summed E-state index contributed by atoms with van der Waals surface area (Å²) in [4.78, 5) is 23.1. The molecule has 3 rings (SSSR count). The first-order chi connectivity index (χ1) is 9.65. The van der Waals surface area contributed by atoms with E-state index in [2.05, 4.69) is 10.4 Å². The van der Waals surface area contributed by atoms with Crippen molar-refractivity contribution in [3.8, 4) is 0 Å². The Morgan fingerprint density at radius 3 is 2.95 bits per heavy atom. The summed E-state index contributed by atoms with van der Waals surface area (Å²) < 4.78 is 1.42. The second-order valence-corrected chi connectivity index (χ2v) is 4.72. The van der Waals surface area contributed by atoms with Crippen molar-refractivity contribution < 1.29 is 14.7 Å². The molecule has 0 spiro atoms. The molecule has 1 unspecified atom stereocenters. The zero-order valence-corrected chi connectivity index (χ0v) is 10.6. The highest BCUT2D eigenvalue weighted by atomic mass is 16.4. The lowest BCUT2D eigenvalue weighted by Crippen LogP contribution is -2.25. The normalized spacial score (nSPS) is 18.0. The molecule has 6 heteroatoms. The van der Waals surface area contributed by atoms with Crippen LogP contribution >= 0.6 is 0 Å². The van der Waals surface area contributed by atoms with Gasteiger partial charge in [-0.15, -0.1) is 0 Å². The zero-order valence-electron chi connectivity index (χ0n) is 10.6. The van der Waals surface area contributed by atoms with E-state index in [4.69, 9.17) is 5.11 Å². The number of fused-ring (bicyclic) bond motifs is 1. The molecule has 1 aliphatic heterocycles. The average molecular weight is 271 g/mol. The van der Waals surface area contributed by atoms with Crippen LogP contribution in [0.1, 0.15) is 28.4 Å². The molecule has 6 nitrogen and oxygen atoms in total. The zero-order chi connectivity index (χ0) is 14.1. The summed E-state index contributed by atoms with van der Waals surface area (Å²) in [6, 6.07) is 7.15. The van der Waals surface area contributed by atoms with Gasteiger partial charge in [0.15, 0.2) is 0 Å². The molecule has 20 heavy (non-hydrogen) atoms. The van der Waals surface area contributed by atoms with Crippen molar-refractivity contribution in [1.29, 1.82) is 0 Å². The molecule has 1 atom stereocenters. The molecule has 1 aliphatic rings. The predicted molar refractivity (Wildman–Crippen MR) is 71.6 cm³/mol. The Bertz CT molecular complexity index is 678. The van der Waals surface area contributed by atoms with Crippen LogP contribution < -0.4 is 5.32 Å². The van der Waals surface area contributed by atoms with Crippen LogP contribution in [0.25, 0.3) is 0 Å². The van der Waals surface area contributed by atoms with Gasteiger partial charge in [0, 0.05) is 11.9 Å². The molecule has 0 saturated carbocycles. The minimum atomic E-state index is -1.05. The summed E-state index contributed by atoms with van der Waals surface area (Å²) in [6.07, 6.45) is 3.97. The number of benzene rings is 1. The van der Waals surface area contributed by atoms with Crippen molar-refractivity contribution in [3.05, 3.63) is 47.8 Å². The third-order valence-corrected chi connectivity index (χ3v) is 3.43. The summed E-state index contributed by atoms with van der Waals surface area (Å²) in [6.45, 7) is 0. The minimum absolute atomic E-state index is 0.0829. The lowest BCUT2D eigenvalue weighted by molar-refractivity contribution is -0.119. The van der Waals surface area contributed by atoms with Crippen molar-refractivity contribution in [2.24, 2.45) is 0 Å². The van der Waals surface area contributed by atoms with E-state index < -0.39 is 12.0 Å². The maximum atomic E-state index is 12.2. The Morgan fingerprint density at radius 1 is 1.40 bits per heavy atom. The number of carboxylic acids is 1. The van der Waals surface area contributed by atoms with E-state index in [9.17, 15) is 9.59 Å². The van der Waals surface area contributed by atoms with Crippen LogP contribution in [0.2, 0.25) is 0 Å². The Hall–Kier alpha value is -2.63. The molecule has 1 amide bonds. The minimum Gasteiger partial charge on any atom is -0.478 e. The van der Waals surface area contributed by atoms with Gasteiger partial charge in [-0.1, -0.05) is 18.2 Å². The fourth-order valence-electron chi connectivity index (χ4n) is 2.37. The number of carbonyl (C=O) groups excluding carboxylic acids is 1. The first kappa shape index (κ1) is 12.4. The summed E-state index contributed by atoms with van der Waals surface area (Å²) in [5.74, 6) is -1.22. The quantitative estimate of drug-likeness (QED) is 0.870. The highest BCUT2D eigenvalue weighted by Crippen LogP contribution is 2.26. The number of hydrogen-bond donors (Lipinski definition) is 2. The third-order valence-electron chi connectivity index (χ3n) is 3.43. The lowest BCUT2D eigenvalue weighted by atomic mass is 10.1. The smallest absolute Gasteiger partial charge is 0.338 e. The molecule has 0 fully saturated rings. The number of rotatable bonds is 2. The monoisotopic (exact) mass is 271 g/mol. The van der Waals surface area contributed by atoms with Crippen molar-refractivity contribution >= 4 is 17.6 Å². The fourth-order valence-corrected chi connectivity index (χ4v) is 2.37. The molecule has 1 aromatic carbocycles. The summed E-state index contributed by atoms with van der Waals surface area (Å²) in [5, 5.41) is 15.8. The van der Waals surface area contributed by atoms with Crippen LogP contribution in [0.4, 0.5) is 5.69 Å². The number of aromatic carboxylic acids is 1. The highest BCUT2D eigenvalue weighted by Gasteiger charge is 2.26. The molecule has 2 N–H and O–H groups in total. The molecule has 2 aromatic rings. The van der Waals surface area contributed by atoms with Gasteiger partial charge in [-0.25, -0.2) is 4.79 Å². The van der Waals surface area contributed by atoms with Crippen LogP contribution in [0, 0.1) is 0 Å². The van der Waals surface area contributed by atoms with Gasteiger partial charge in [-0.05, 0) is 24.5 Å². The Balaban J connectivity index is 1.89. The van der Waals surface area contributed by atoms with Gasteiger partial charge >= 0.3 is 5.97 Å². The van der Waals surface area contributed by atoms with Gasteiger partial charge in [0.25, 0.3) is 0 Å². The first-order valence-corrected chi connectivity index (χ1v) is 6.31. The Morgan fingerprint density at radius 2 is 2.20 bits per heavy atom. The SMILES string of the molecule is O=C(O)c1cnn(C2CCc3ccccc3NC2=O)c1. The standard InChI is InChI=1S/C14H13N3O3/c18-13-12(17-8-10(7-15-17)14(19)20)6-5-9-3-1-2-4-11(9)16-13/h1-4,7-8,12H,5-6H2,(H,16,18)(H,19,20). The second kappa shape index (κ2) is 4.80. The average Bonchev–Trinajstić information content (AvgIpc) is 2.84. The van der Waals surface area contributed by atoms with E-state index in [1.807, 2.05) is 24.3 Å². The maximum Gasteiger partial charge on any atom is 0.338 e. The van der Waals surface area contributed by atoms with E-state index in [0.717, 1.165) is 17.7 Å². The molecule has 2 heterocycles. The number of amides is 1. The molecule has 0 radical (unpaired) electrons. The third kappa shape index (κ3) is 2.16. The number of carbonyl (C=O) groups is 2. The summed E-state index contributed by atoms with van der Waals surface area (Å²) in [7, 11) is 0. The van der Waals surface area contributed by atoms with E-state index in [1.54, 1.807) is 0 Å². The topological polar surface area (TPSA) is 84.2 Å². The molecular formula is C14H13N3O3. The Labute approximate surface area is 115 Å². The van der Waals surface area contributed by atoms with Crippen LogP contribution in [-0.4, -0.2) is 26.8 Å². The van der Waals surface area contributed by atoms with E-state index in [0.29, 0.717) is 6.42 Å². The van der Waals surface area contributed by atoms with Crippen LogP contribution in [0.3, 0.4) is 0 Å². The number of carboxylic acid groups (broad SMARTS) is 1. The molecular weight excluding hydrogens is 258 g/mol. The van der Waals surface area contributed by atoms with Crippen LogP contribution in [0.15, 0.2) is 36.7 Å². The Kier molecular flexibility index (Phi) is 2.98. The van der Waals surface area contributed by atoms with Gasteiger partial charge in [-0.2, -0.15) is 5.10 Å². The number of nitrogens with zero attached hydrogens (tertiary/aromatic N) is 2. The van der Waals surface area contributed by atoms with Crippen molar-refractivity contribution in [2.75, 3.05) is 5.32 Å². The van der Waals surface area contributed by atoms with Crippen LogP contribution in [0.5, 0.6) is 0 Å². The van der Waals surface area contributed by atoms with Crippen molar-refractivity contribution in [3.63, 3.8) is 0 Å². The number of para-hydroxylation sites is 1. The maximum absolute atomic E-state index is 12.2. The fraction of sp³-hybridized carbons (Fsp3) is 0.214. The first-order valence-electron chi connectivity index (χ1n) is 6.31. The van der Waals surface area contributed by atoms with E-state index >= 15 is 0 Å². The van der Waals surface area contributed by atoms with Crippen molar-refractivity contribution in [2.45, 2.75) is 18.9 Å². The number of aryl methyl sites for hydroxylation is 1. The number of aromatic nitrogens is 2. The van der Waals surface area contributed by atoms with Gasteiger partial charge in [-0.3, -0.25) is 9.48 Å². The van der Waals surface area contributed by atoms with Crippen LogP contribution in [-0.2, 0) is 11.2 Å². The molecule has 0 aliphatic carbocycles. The van der Waals surface area contributed by atoms with E-state index in [-0.39, 0.29) is 11.5 Å². The highest BCUT2D eigenvalue weighted by molar-refractivity contribution is 5.95. The summed E-state index contributed by atoms with van der Waals surface area (Å²) >= 11 is 0. The van der Waals surface area contributed by atoms with Gasteiger partial charge in [0.05, 0.1) is 11.8 Å². The number of hydrogen-bond acceptors (Lipinski definition) is 3. The number of anilines is 1. The molecule has 0 bridgehead atoms. The summed E-state index contributed by atoms with van der Waals surface area (Å²) in [5.41, 5.74) is 1.97. The van der Waals surface area contributed by atoms with Gasteiger partial charge < -0.3 is 10.4 Å². The predicted octanol–water partition coefficient (Wildman–Crippen LogP) is 1.71. The second-order valence-electron chi connectivity index (χ2n) is 4.72. The van der Waals surface area contributed by atoms with Gasteiger partial charge in [0.1, 0.15) is 6.04 Å². The largest absolute Gasteiger partial charge is 0.478 e. The van der Waals surface area contributed by atoms with Crippen molar-refractivity contribution in [1.82, 2.24) is 9.78 Å². The van der Waals surface area contributed by atoms with E-state index in [1.165, 1.54) is 17.1 Å². The lowest BCUT2D eigenvalue weighted by Gasteiger charge is -2.13. The van der Waals surface area contributed by atoms with Gasteiger partial charge in [0.2, 0.25) is 5.91 Å². The molecule has 1 aromatic heterocycles. The molecule has 102 valence electrons. The molecule has 0 saturated heterocycles.